The van der Waals surface area contributed by atoms with E-state index in [1.165, 1.54) is 21.0 Å². The summed E-state index contributed by atoms with van der Waals surface area (Å²) < 4.78 is 5.04. The summed E-state index contributed by atoms with van der Waals surface area (Å²) in [5.74, 6) is -0.924. The first kappa shape index (κ1) is 16.4. The van der Waals surface area contributed by atoms with E-state index in [2.05, 4.69) is 4.99 Å². The Labute approximate surface area is 132 Å². The van der Waals surface area contributed by atoms with Crippen molar-refractivity contribution in [3.63, 3.8) is 0 Å². The number of carbonyl (C=O) groups excluding carboxylic acids is 3. The summed E-state index contributed by atoms with van der Waals surface area (Å²) in [6, 6.07) is 6.09. The number of allylic oxidation sites excluding steroid dienone is 1. The Morgan fingerprint density at radius 1 is 1.22 bits per heavy atom. The van der Waals surface area contributed by atoms with Crippen molar-refractivity contribution in [2.75, 3.05) is 7.11 Å². The van der Waals surface area contributed by atoms with Crippen molar-refractivity contribution in [1.29, 1.82) is 0 Å². The first-order valence-corrected chi connectivity index (χ1v) is 6.83. The number of hydrogen-bond acceptors (Lipinski definition) is 5. The molecule has 0 spiro atoms. The summed E-state index contributed by atoms with van der Waals surface area (Å²) in [5.41, 5.74) is 0.148. The Bertz CT molecular complexity index is 727. The lowest BCUT2D eigenvalue weighted by Gasteiger charge is -2.13. The lowest BCUT2D eigenvalue weighted by Crippen LogP contribution is -2.33. The Hall–Kier alpha value is -2.96. The summed E-state index contributed by atoms with van der Waals surface area (Å²) in [6.45, 7) is 2.48. The monoisotopic (exact) mass is 316 g/mol. The topological polar surface area (TPSA) is 96.3 Å². The highest BCUT2D eigenvalue weighted by atomic mass is 16.5. The third kappa shape index (κ3) is 3.28. The number of methoxy groups -OCH3 is 1. The van der Waals surface area contributed by atoms with Gasteiger partial charge in [-0.15, -0.1) is 0 Å². The van der Waals surface area contributed by atoms with Crippen LogP contribution in [-0.4, -0.2) is 40.5 Å². The Morgan fingerprint density at radius 3 is 2.30 bits per heavy atom. The summed E-state index contributed by atoms with van der Waals surface area (Å²) in [5, 5.41) is 9.56. The molecule has 0 unspecified atom stereocenters. The molecular formula is C16H16N2O5. The molecule has 3 amide bonds. The van der Waals surface area contributed by atoms with Crippen LogP contribution in [0.25, 0.3) is 0 Å². The van der Waals surface area contributed by atoms with Crippen LogP contribution < -0.4 is 4.74 Å². The number of nitrogens with zero attached hydrogens (tertiary/aromatic N) is 2. The second-order valence-corrected chi connectivity index (χ2v) is 5.00. The number of carbonyl (C=O) groups is 3. The maximum atomic E-state index is 12.3. The van der Waals surface area contributed by atoms with Gasteiger partial charge in [-0.25, -0.2) is 4.79 Å². The Morgan fingerprint density at radius 2 is 1.83 bits per heavy atom. The normalized spacial score (nSPS) is 15.4. The van der Waals surface area contributed by atoms with Gasteiger partial charge >= 0.3 is 6.03 Å². The van der Waals surface area contributed by atoms with E-state index in [0.717, 1.165) is 4.90 Å². The van der Waals surface area contributed by atoms with Crippen molar-refractivity contribution in [2.45, 2.75) is 20.4 Å². The highest BCUT2D eigenvalue weighted by Gasteiger charge is 2.37. The van der Waals surface area contributed by atoms with E-state index in [1.807, 2.05) is 0 Å². The number of imide groups is 1. The predicted octanol–water partition coefficient (Wildman–Crippen LogP) is 2.02. The molecule has 7 nitrogen and oxygen atoms in total. The molecule has 1 aromatic rings. The molecule has 2 rings (SSSR count). The SMILES string of the molecule is COc1ccc(CN2C(=O)N=C(C(C(C)=O)=C(C)O)C2=O)cc1. The summed E-state index contributed by atoms with van der Waals surface area (Å²) in [6.07, 6.45) is 0. The number of urea groups is 1. The fraction of sp³-hybridized carbons (Fsp3) is 0.250. The highest BCUT2D eigenvalue weighted by Crippen LogP contribution is 2.19. The lowest BCUT2D eigenvalue weighted by molar-refractivity contribution is -0.121. The van der Waals surface area contributed by atoms with E-state index in [9.17, 15) is 19.5 Å². The number of rotatable bonds is 5. The molecule has 0 radical (unpaired) electrons. The number of ketones is 1. The lowest BCUT2D eigenvalue weighted by atomic mass is 10.0. The predicted molar refractivity (Wildman–Crippen MR) is 82.4 cm³/mol. The maximum absolute atomic E-state index is 12.3. The van der Waals surface area contributed by atoms with Crippen molar-refractivity contribution >= 4 is 23.4 Å². The van der Waals surface area contributed by atoms with Crippen LogP contribution in [0.3, 0.4) is 0 Å². The fourth-order valence-corrected chi connectivity index (χ4v) is 2.23. The standard InChI is InChI=1S/C16H16N2O5/c1-9(19)13(10(2)20)14-15(21)18(16(22)17-14)8-11-4-6-12(23-3)7-5-11/h4-7,19H,8H2,1-3H3. The van der Waals surface area contributed by atoms with E-state index in [0.29, 0.717) is 11.3 Å². The maximum Gasteiger partial charge on any atom is 0.351 e. The fourth-order valence-electron chi connectivity index (χ4n) is 2.23. The highest BCUT2D eigenvalue weighted by molar-refractivity contribution is 6.56. The molecular weight excluding hydrogens is 300 g/mol. The molecule has 23 heavy (non-hydrogen) atoms. The van der Waals surface area contributed by atoms with Crippen LogP contribution in [0, 0.1) is 0 Å². The van der Waals surface area contributed by atoms with Gasteiger partial charge in [-0.05, 0) is 31.5 Å². The largest absolute Gasteiger partial charge is 0.512 e. The van der Waals surface area contributed by atoms with Crippen molar-refractivity contribution in [3.8, 4) is 5.75 Å². The molecule has 120 valence electrons. The molecule has 1 aliphatic rings. The number of benzene rings is 1. The zero-order valence-electron chi connectivity index (χ0n) is 13.0. The molecule has 1 N–H and O–H groups in total. The van der Waals surface area contributed by atoms with Crippen LogP contribution in [0.2, 0.25) is 0 Å². The zero-order valence-corrected chi connectivity index (χ0v) is 13.0. The minimum Gasteiger partial charge on any atom is -0.512 e. The van der Waals surface area contributed by atoms with Gasteiger partial charge < -0.3 is 9.84 Å². The van der Waals surface area contributed by atoms with Gasteiger partial charge in [-0.2, -0.15) is 4.99 Å². The number of hydrogen-bond donors (Lipinski definition) is 1. The number of aliphatic hydroxyl groups is 1. The van der Waals surface area contributed by atoms with Crippen molar-refractivity contribution in [2.24, 2.45) is 4.99 Å². The summed E-state index contributed by atoms with van der Waals surface area (Å²) >= 11 is 0. The van der Waals surface area contributed by atoms with Crippen molar-refractivity contribution < 1.29 is 24.2 Å². The molecule has 7 heteroatoms. The third-order valence-corrected chi connectivity index (χ3v) is 3.34. The molecule has 1 aliphatic heterocycles. The van der Waals surface area contributed by atoms with Gasteiger partial charge in [0.15, 0.2) is 5.78 Å². The van der Waals surface area contributed by atoms with Gasteiger partial charge in [-0.1, -0.05) is 12.1 Å². The van der Waals surface area contributed by atoms with Gasteiger partial charge in [0.05, 0.1) is 19.2 Å². The quantitative estimate of drug-likeness (QED) is 0.662. The van der Waals surface area contributed by atoms with Gasteiger partial charge in [0.1, 0.15) is 17.2 Å². The second kappa shape index (κ2) is 6.43. The van der Waals surface area contributed by atoms with Crippen LogP contribution >= 0.6 is 0 Å². The van der Waals surface area contributed by atoms with Crippen LogP contribution in [0.4, 0.5) is 4.79 Å². The van der Waals surface area contributed by atoms with E-state index >= 15 is 0 Å². The molecule has 0 saturated heterocycles. The Balaban J connectivity index is 2.24. The summed E-state index contributed by atoms with van der Waals surface area (Å²) in [7, 11) is 1.54. The van der Waals surface area contributed by atoms with Crippen LogP contribution in [0.1, 0.15) is 19.4 Å². The zero-order chi connectivity index (χ0) is 17.1. The number of ether oxygens (including phenoxy) is 1. The Kier molecular flexibility index (Phi) is 4.59. The van der Waals surface area contributed by atoms with E-state index in [-0.39, 0.29) is 23.6 Å². The van der Waals surface area contributed by atoms with E-state index in [4.69, 9.17) is 4.74 Å². The molecule has 1 heterocycles. The first-order chi connectivity index (χ1) is 10.8. The van der Waals surface area contributed by atoms with E-state index in [1.54, 1.807) is 24.3 Å². The van der Waals surface area contributed by atoms with Gasteiger partial charge in [0, 0.05) is 0 Å². The number of amides is 3. The minimum absolute atomic E-state index is 0.0182. The average molecular weight is 316 g/mol. The second-order valence-electron chi connectivity index (χ2n) is 5.00. The molecule has 0 saturated carbocycles. The molecule has 0 aliphatic carbocycles. The average Bonchev–Trinajstić information content (AvgIpc) is 2.75. The first-order valence-electron chi connectivity index (χ1n) is 6.83. The molecule has 0 atom stereocenters. The number of aliphatic imine (C=N–C) groups is 1. The molecule has 0 bridgehead atoms. The minimum atomic E-state index is -0.763. The van der Waals surface area contributed by atoms with Crippen LogP contribution in [0.15, 0.2) is 40.6 Å². The molecule has 1 aromatic carbocycles. The summed E-state index contributed by atoms with van der Waals surface area (Å²) in [4.78, 5) is 40.4. The number of aliphatic hydroxyl groups excluding tert-OH is 1. The van der Waals surface area contributed by atoms with Gasteiger partial charge in [0.2, 0.25) is 0 Å². The van der Waals surface area contributed by atoms with Crippen molar-refractivity contribution in [1.82, 2.24) is 4.90 Å². The smallest absolute Gasteiger partial charge is 0.351 e. The van der Waals surface area contributed by atoms with Gasteiger partial charge in [0.25, 0.3) is 5.91 Å². The molecule has 0 fully saturated rings. The van der Waals surface area contributed by atoms with Crippen molar-refractivity contribution in [3.05, 3.63) is 41.2 Å². The molecule has 0 aromatic heterocycles. The van der Waals surface area contributed by atoms with Crippen LogP contribution in [-0.2, 0) is 16.1 Å². The third-order valence-electron chi connectivity index (χ3n) is 3.34. The van der Waals surface area contributed by atoms with Gasteiger partial charge in [-0.3, -0.25) is 14.5 Å². The number of Topliss-reactive ketones (excluding diaryl/α,β-unsaturated/α-hetero) is 1. The van der Waals surface area contributed by atoms with E-state index < -0.39 is 17.7 Å². The van der Waals surface area contributed by atoms with Crippen LogP contribution in [0.5, 0.6) is 5.75 Å².